The van der Waals surface area contributed by atoms with E-state index in [0.29, 0.717) is 10.6 Å². The van der Waals surface area contributed by atoms with Gasteiger partial charge in [-0.25, -0.2) is 9.59 Å². The lowest BCUT2D eigenvalue weighted by atomic mass is 9.80. The highest BCUT2D eigenvalue weighted by atomic mass is 32.2. The molecule has 2 heterocycles. The maximum absolute atomic E-state index is 14.6. The number of nitrogens with one attached hydrogen (secondary N) is 1. The molecule has 0 aromatic heterocycles. The number of thioether (sulfide) groups is 1. The van der Waals surface area contributed by atoms with Gasteiger partial charge >= 0.3 is 18.2 Å². The van der Waals surface area contributed by atoms with E-state index in [0.717, 1.165) is 16.7 Å². The van der Waals surface area contributed by atoms with Crippen molar-refractivity contribution < 1.29 is 27.5 Å². The van der Waals surface area contributed by atoms with E-state index in [1.807, 2.05) is 0 Å². The molecular formula is C20H15F3N2O3S. The Morgan fingerprint density at radius 3 is 2.45 bits per heavy atom. The van der Waals surface area contributed by atoms with Crippen LogP contribution in [0.3, 0.4) is 0 Å². The summed E-state index contributed by atoms with van der Waals surface area (Å²) in [6.45, 7) is 1.40. The second kappa shape index (κ2) is 6.84. The second-order valence-electron chi connectivity index (χ2n) is 6.35. The summed E-state index contributed by atoms with van der Waals surface area (Å²) in [6.07, 6.45) is -5.00. The third kappa shape index (κ3) is 2.79. The molecule has 1 atom stereocenters. The first-order valence-corrected chi connectivity index (χ1v) is 9.56. The summed E-state index contributed by atoms with van der Waals surface area (Å²) in [5.41, 5.74) is -3.54. The summed E-state index contributed by atoms with van der Waals surface area (Å²) in [5.74, 6) is -1.13. The minimum Gasteiger partial charge on any atom is -0.462 e. The summed E-state index contributed by atoms with van der Waals surface area (Å²) in [7, 11) is 0. The Labute approximate surface area is 168 Å². The quantitative estimate of drug-likeness (QED) is 0.740. The molecule has 0 spiro atoms. The molecule has 5 nitrogen and oxygen atoms in total. The zero-order chi connectivity index (χ0) is 20.8. The predicted octanol–water partition coefficient (Wildman–Crippen LogP) is 4.55. The topological polar surface area (TPSA) is 58.6 Å². The lowest BCUT2D eigenvalue weighted by Gasteiger charge is -2.43. The monoisotopic (exact) mass is 420 g/mol. The van der Waals surface area contributed by atoms with Crippen molar-refractivity contribution in [2.75, 3.05) is 11.5 Å². The number of esters is 1. The molecule has 2 aromatic carbocycles. The molecule has 9 heteroatoms. The molecular weight excluding hydrogens is 405 g/mol. The Morgan fingerprint density at radius 1 is 1.14 bits per heavy atom. The predicted molar refractivity (Wildman–Crippen MR) is 101 cm³/mol. The molecule has 2 aliphatic heterocycles. The fraction of sp³-hybridized carbons (Fsp3) is 0.200. The van der Waals surface area contributed by atoms with E-state index < -0.39 is 29.3 Å². The zero-order valence-corrected chi connectivity index (χ0v) is 15.9. The third-order valence-electron chi connectivity index (χ3n) is 4.71. The number of rotatable bonds is 3. The van der Waals surface area contributed by atoms with E-state index in [-0.39, 0.29) is 17.2 Å². The smallest absolute Gasteiger partial charge is 0.420 e. The summed E-state index contributed by atoms with van der Waals surface area (Å²) in [5, 5.41) is 1.98. The van der Waals surface area contributed by atoms with E-state index >= 15 is 0 Å². The van der Waals surface area contributed by atoms with Crippen LogP contribution in [0.15, 0.2) is 70.1 Å². The SMILES string of the molecule is CCOC(=O)C1=C2Sc3ccccc3N2C(=O)N[C@]1(c1ccccc1)C(F)(F)F. The minimum atomic E-state index is -5.00. The van der Waals surface area contributed by atoms with Crippen molar-refractivity contribution >= 4 is 29.4 Å². The number of carbonyl (C=O) groups excluding carboxylic acids is 2. The summed E-state index contributed by atoms with van der Waals surface area (Å²) >= 11 is 0.943. The summed E-state index contributed by atoms with van der Waals surface area (Å²) in [6, 6.07) is 12.6. The highest BCUT2D eigenvalue weighted by molar-refractivity contribution is 8.03. The molecule has 1 N–H and O–H groups in total. The van der Waals surface area contributed by atoms with Crippen LogP contribution < -0.4 is 10.2 Å². The van der Waals surface area contributed by atoms with Crippen LogP contribution in [0.5, 0.6) is 0 Å². The van der Waals surface area contributed by atoms with Crippen LogP contribution in [0, 0.1) is 0 Å². The molecule has 0 radical (unpaired) electrons. The van der Waals surface area contributed by atoms with Gasteiger partial charge in [0.2, 0.25) is 0 Å². The van der Waals surface area contributed by atoms with Gasteiger partial charge in [0.25, 0.3) is 0 Å². The van der Waals surface area contributed by atoms with Gasteiger partial charge in [-0.05, 0) is 24.6 Å². The minimum absolute atomic E-state index is 0.102. The fourth-order valence-electron chi connectivity index (χ4n) is 3.52. The van der Waals surface area contributed by atoms with Gasteiger partial charge in [0.05, 0.1) is 12.3 Å². The number of fused-ring (bicyclic) bond motifs is 3. The molecule has 0 saturated carbocycles. The zero-order valence-electron chi connectivity index (χ0n) is 15.1. The molecule has 29 heavy (non-hydrogen) atoms. The molecule has 0 unspecified atom stereocenters. The Hall–Kier alpha value is -2.94. The lowest BCUT2D eigenvalue weighted by Crippen LogP contribution is -2.64. The second-order valence-corrected chi connectivity index (χ2v) is 7.38. The van der Waals surface area contributed by atoms with E-state index in [9.17, 15) is 22.8 Å². The van der Waals surface area contributed by atoms with Crippen LogP contribution in [0.4, 0.5) is 23.7 Å². The highest BCUT2D eigenvalue weighted by Crippen LogP contribution is 2.56. The number of hydrogen-bond acceptors (Lipinski definition) is 4. The van der Waals surface area contributed by atoms with Crippen molar-refractivity contribution in [2.24, 2.45) is 0 Å². The number of halogens is 3. The van der Waals surface area contributed by atoms with E-state index in [1.165, 1.54) is 31.2 Å². The van der Waals surface area contributed by atoms with Crippen molar-refractivity contribution in [3.05, 3.63) is 70.8 Å². The normalized spacial score (nSPS) is 20.8. The number of carbonyl (C=O) groups is 2. The van der Waals surface area contributed by atoms with E-state index in [4.69, 9.17) is 4.74 Å². The van der Waals surface area contributed by atoms with Gasteiger partial charge in [0.15, 0.2) is 5.54 Å². The Balaban J connectivity index is 2.06. The fourth-order valence-corrected chi connectivity index (χ4v) is 4.75. The molecule has 0 saturated heterocycles. The molecule has 0 bridgehead atoms. The van der Waals surface area contributed by atoms with E-state index in [2.05, 4.69) is 5.32 Å². The number of ether oxygens (including phenoxy) is 1. The first kappa shape index (κ1) is 19.4. The van der Waals surface area contributed by atoms with Crippen LogP contribution in [-0.2, 0) is 15.1 Å². The number of amides is 2. The van der Waals surface area contributed by atoms with Crippen molar-refractivity contribution in [3.63, 3.8) is 0 Å². The van der Waals surface area contributed by atoms with Gasteiger partial charge in [0, 0.05) is 4.90 Å². The number of para-hydroxylation sites is 1. The molecule has 2 amide bonds. The van der Waals surface area contributed by atoms with Crippen molar-refractivity contribution in [2.45, 2.75) is 23.5 Å². The molecule has 150 valence electrons. The number of alkyl halides is 3. The van der Waals surface area contributed by atoms with Crippen LogP contribution >= 0.6 is 11.8 Å². The molecule has 0 aliphatic carbocycles. The Kier molecular flexibility index (Phi) is 4.57. The van der Waals surface area contributed by atoms with Gasteiger partial charge in [0.1, 0.15) is 10.6 Å². The maximum Gasteiger partial charge on any atom is 0.420 e. The van der Waals surface area contributed by atoms with Gasteiger partial charge in [-0.1, -0.05) is 54.2 Å². The van der Waals surface area contributed by atoms with Gasteiger partial charge in [-0.3, -0.25) is 4.90 Å². The number of benzene rings is 2. The van der Waals surface area contributed by atoms with Crippen LogP contribution in [0.2, 0.25) is 0 Å². The standard InChI is InChI=1S/C20H15F3N2O3S/c1-2-28-17(26)15-16-25(13-10-6-7-11-14(13)29-16)18(27)24-19(15,20(21,22)23)12-8-4-3-5-9-12/h3-11H,2H2,1H3,(H,24,27)/t19-/m0/s1. The first-order valence-electron chi connectivity index (χ1n) is 8.74. The number of anilines is 1. The largest absolute Gasteiger partial charge is 0.462 e. The maximum atomic E-state index is 14.6. The van der Waals surface area contributed by atoms with Crippen molar-refractivity contribution in [1.82, 2.24) is 5.32 Å². The summed E-state index contributed by atoms with van der Waals surface area (Å²) < 4.78 is 48.8. The highest BCUT2D eigenvalue weighted by Gasteiger charge is 2.66. The molecule has 4 rings (SSSR count). The van der Waals surface area contributed by atoms with Crippen molar-refractivity contribution in [3.8, 4) is 0 Å². The van der Waals surface area contributed by atoms with Gasteiger partial charge in [-0.2, -0.15) is 13.2 Å². The number of hydrogen-bond donors (Lipinski definition) is 1. The summed E-state index contributed by atoms with van der Waals surface area (Å²) in [4.78, 5) is 27.4. The molecule has 2 aliphatic rings. The molecule has 2 aromatic rings. The Bertz CT molecular complexity index is 1020. The van der Waals surface area contributed by atoms with Gasteiger partial charge < -0.3 is 10.1 Å². The Morgan fingerprint density at radius 2 is 1.79 bits per heavy atom. The average molecular weight is 420 g/mol. The van der Waals surface area contributed by atoms with Crippen LogP contribution in [0.25, 0.3) is 0 Å². The van der Waals surface area contributed by atoms with Crippen molar-refractivity contribution in [1.29, 1.82) is 0 Å². The molecule has 0 fully saturated rings. The number of nitrogens with zero attached hydrogens (tertiary/aromatic N) is 1. The van der Waals surface area contributed by atoms with Crippen LogP contribution in [0.1, 0.15) is 12.5 Å². The number of urea groups is 1. The lowest BCUT2D eigenvalue weighted by molar-refractivity contribution is -0.190. The van der Waals surface area contributed by atoms with E-state index in [1.54, 1.807) is 30.3 Å². The first-order chi connectivity index (χ1) is 13.8. The van der Waals surface area contributed by atoms with Crippen LogP contribution in [-0.4, -0.2) is 24.8 Å². The average Bonchev–Trinajstić information content (AvgIpc) is 3.07. The third-order valence-corrected chi connectivity index (χ3v) is 5.86. The van der Waals surface area contributed by atoms with Gasteiger partial charge in [-0.15, -0.1) is 0 Å².